The average molecular weight is 253 g/mol. The van der Waals surface area contributed by atoms with E-state index in [1.165, 1.54) is 9.75 Å². The van der Waals surface area contributed by atoms with E-state index in [0.717, 1.165) is 45.3 Å². The smallest absolute Gasteiger partial charge is 0.0632 e. The fourth-order valence-electron chi connectivity index (χ4n) is 2.40. The first-order chi connectivity index (χ1) is 8.09. The highest BCUT2D eigenvalue weighted by Gasteiger charge is 2.24. The molecule has 0 spiro atoms. The molecule has 1 aromatic heterocycles. The van der Waals surface area contributed by atoms with Crippen LogP contribution in [-0.2, 0) is 13.0 Å². The van der Waals surface area contributed by atoms with Crippen molar-refractivity contribution in [1.29, 1.82) is 0 Å². The quantitative estimate of drug-likeness (QED) is 0.895. The lowest BCUT2D eigenvalue weighted by molar-refractivity contribution is 0.0444. The molecule has 1 N–H and O–H groups in total. The molecule has 1 aromatic rings. The fraction of sp³-hybridized carbons (Fsp3) is 0.714. The Labute approximate surface area is 108 Å². The summed E-state index contributed by atoms with van der Waals surface area (Å²) in [5, 5.41) is 10.1. The van der Waals surface area contributed by atoms with Crippen molar-refractivity contribution in [3.8, 4) is 0 Å². The molecule has 3 heteroatoms. The minimum Gasteiger partial charge on any atom is -0.390 e. The maximum atomic E-state index is 10.1. The first-order valence-electron chi connectivity index (χ1n) is 6.61. The molecule has 0 aromatic carbocycles. The largest absolute Gasteiger partial charge is 0.390 e. The number of aliphatic hydroxyl groups is 1. The molecule has 0 saturated carbocycles. The molecule has 1 aliphatic rings. The maximum absolute atomic E-state index is 10.1. The Balaban J connectivity index is 1.90. The van der Waals surface area contributed by atoms with Gasteiger partial charge in [0, 0.05) is 22.8 Å². The highest BCUT2D eigenvalue weighted by atomic mass is 32.1. The van der Waals surface area contributed by atoms with Gasteiger partial charge in [0.1, 0.15) is 0 Å². The summed E-state index contributed by atoms with van der Waals surface area (Å²) in [7, 11) is 0. The third-order valence-electron chi connectivity index (χ3n) is 3.60. The van der Waals surface area contributed by atoms with Crippen LogP contribution in [0.4, 0.5) is 0 Å². The van der Waals surface area contributed by atoms with Crippen molar-refractivity contribution in [3.63, 3.8) is 0 Å². The van der Waals surface area contributed by atoms with E-state index in [9.17, 15) is 5.11 Å². The third kappa shape index (κ3) is 3.80. The molecule has 0 aliphatic carbocycles. The number of likely N-dealkylation sites (tertiary alicyclic amines) is 1. The van der Waals surface area contributed by atoms with E-state index in [-0.39, 0.29) is 0 Å². The second kappa shape index (κ2) is 5.51. The van der Waals surface area contributed by atoms with Crippen LogP contribution in [0.2, 0.25) is 0 Å². The van der Waals surface area contributed by atoms with E-state index in [0.29, 0.717) is 0 Å². The first-order valence-corrected chi connectivity index (χ1v) is 7.43. The summed E-state index contributed by atoms with van der Waals surface area (Å²) in [6.07, 6.45) is 4.09. The Morgan fingerprint density at radius 2 is 2.06 bits per heavy atom. The van der Waals surface area contributed by atoms with Crippen LogP contribution in [0.3, 0.4) is 0 Å². The number of hydrogen-bond acceptors (Lipinski definition) is 3. The Morgan fingerprint density at radius 1 is 1.29 bits per heavy atom. The van der Waals surface area contributed by atoms with Crippen LogP contribution in [0.25, 0.3) is 0 Å². The van der Waals surface area contributed by atoms with Gasteiger partial charge in [0.05, 0.1) is 5.60 Å². The van der Waals surface area contributed by atoms with Crippen LogP contribution < -0.4 is 0 Å². The van der Waals surface area contributed by atoms with Crippen molar-refractivity contribution in [2.45, 2.75) is 51.7 Å². The van der Waals surface area contributed by atoms with Gasteiger partial charge in [-0.15, -0.1) is 11.3 Å². The van der Waals surface area contributed by atoms with Crippen molar-refractivity contribution in [3.05, 3.63) is 21.9 Å². The van der Waals surface area contributed by atoms with Crippen LogP contribution in [0.1, 0.15) is 42.9 Å². The number of thiophene rings is 1. The average Bonchev–Trinajstić information content (AvgIpc) is 2.66. The van der Waals surface area contributed by atoms with E-state index in [4.69, 9.17) is 0 Å². The molecule has 2 rings (SSSR count). The van der Waals surface area contributed by atoms with E-state index in [1.807, 2.05) is 18.3 Å². The predicted molar refractivity (Wildman–Crippen MR) is 73.4 cm³/mol. The van der Waals surface area contributed by atoms with Crippen molar-refractivity contribution >= 4 is 11.3 Å². The van der Waals surface area contributed by atoms with Crippen molar-refractivity contribution in [1.82, 2.24) is 4.90 Å². The van der Waals surface area contributed by atoms with Gasteiger partial charge in [-0.3, -0.25) is 4.90 Å². The Morgan fingerprint density at radius 3 is 2.76 bits per heavy atom. The zero-order chi connectivity index (χ0) is 12.3. The molecule has 17 heavy (non-hydrogen) atoms. The van der Waals surface area contributed by atoms with Crippen molar-refractivity contribution in [2.24, 2.45) is 0 Å². The van der Waals surface area contributed by atoms with Gasteiger partial charge in [0.25, 0.3) is 0 Å². The summed E-state index contributed by atoms with van der Waals surface area (Å²) in [5.41, 5.74) is -0.446. The van der Waals surface area contributed by atoms with Crippen molar-refractivity contribution < 1.29 is 5.11 Å². The zero-order valence-corrected chi connectivity index (χ0v) is 11.7. The second-order valence-electron chi connectivity index (χ2n) is 5.35. The standard InChI is InChI=1S/C14H23NOS/c1-3-12-5-6-13(17-12)11-15-9-4-7-14(2,16)8-10-15/h5-6,16H,3-4,7-11H2,1-2H3. The first kappa shape index (κ1) is 13.1. The molecule has 0 radical (unpaired) electrons. The minimum atomic E-state index is -0.446. The van der Waals surface area contributed by atoms with E-state index in [1.54, 1.807) is 0 Å². The summed E-state index contributed by atoms with van der Waals surface area (Å²) in [6, 6.07) is 4.50. The second-order valence-corrected chi connectivity index (χ2v) is 6.60. The van der Waals surface area contributed by atoms with Crippen LogP contribution >= 0.6 is 11.3 Å². The summed E-state index contributed by atoms with van der Waals surface area (Å²) in [6.45, 7) is 7.37. The summed E-state index contributed by atoms with van der Waals surface area (Å²) < 4.78 is 0. The van der Waals surface area contributed by atoms with Gasteiger partial charge >= 0.3 is 0 Å². The number of hydrogen-bond donors (Lipinski definition) is 1. The van der Waals surface area contributed by atoms with Gasteiger partial charge in [0.2, 0.25) is 0 Å². The van der Waals surface area contributed by atoms with Crippen LogP contribution in [0.15, 0.2) is 12.1 Å². The van der Waals surface area contributed by atoms with Crippen LogP contribution in [0, 0.1) is 0 Å². The SMILES string of the molecule is CCc1ccc(CN2CCCC(C)(O)CC2)s1. The van der Waals surface area contributed by atoms with Gasteiger partial charge in [0.15, 0.2) is 0 Å². The van der Waals surface area contributed by atoms with Crippen molar-refractivity contribution in [2.75, 3.05) is 13.1 Å². The molecule has 1 atom stereocenters. The lowest BCUT2D eigenvalue weighted by Crippen LogP contribution is -2.27. The van der Waals surface area contributed by atoms with E-state index < -0.39 is 5.60 Å². The molecule has 1 saturated heterocycles. The number of rotatable bonds is 3. The fourth-order valence-corrected chi connectivity index (χ4v) is 3.40. The molecule has 2 heterocycles. The Bertz CT molecular complexity index is 359. The topological polar surface area (TPSA) is 23.5 Å². The molecule has 0 bridgehead atoms. The lowest BCUT2D eigenvalue weighted by atomic mass is 9.98. The van der Waals surface area contributed by atoms with Gasteiger partial charge < -0.3 is 5.11 Å². The molecular formula is C14H23NOS. The summed E-state index contributed by atoms with van der Waals surface area (Å²) in [5.74, 6) is 0. The molecule has 1 unspecified atom stereocenters. The Kier molecular flexibility index (Phi) is 4.23. The van der Waals surface area contributed by atoms with Crippen LogP contribution in [0.5, 0.6) is 0 Å². The van der Waals surface area contributed by atoms with E-state index in [2.05, 4.69) is 24.0 Å². The molecule has 2 nitrogen and oxygen atoms in total. The summed E-state index contributed by atoms with van der Waals surface area (Å²) >= 11 is 1.93. The third-order valence-corrected chi connectivity index (χ3v) is 4.82. The summed E-state index contributed by atoms with van der Waals surface area (Å²) in [4.78, 5) is 5.41. The monoisotopic (exact) mass is 253 g/mol. The molecule has 1 aliphatic heterocycles. The lowest BCUT2D eigenvalue weighted by Gasteiger charge is -2.21. The minimum absolute atomic E-state index is 0.446. The van der Waals surface area contributed by atoms with Gasteiger partial charge in [-0.2, -0.15) is 0 Å². The highest BCUT2D eigenvalue weighted by Crippen LogP contribution is 2.24. The van der Waals surface area contributed by atoms with Gasteiger partial charge in [-0.1, -0.05) is 6.92 Å². The number of aryl methyl sites for hydroxylation is 1. The highest BCUT2D eigenvalue weighted by molar-refractivity contribution is 7.11. The van der Waals surface area contributed by atoms with Gasteiger partial charge in [-0.05, 0) is 51.3 Å². The van der Waals surface area contributed by atoms with Gasteiger partial charge in [-0.25, -0.2) is 0 Å². The zero-order valence-electron chi connectivity index (χ0n) is 10.9. The molecule has 0 amide bonds. The number of nitrogens with zero attached hydrogens (tertiary/aromatic N) is 1. The maximum Gasteiger partial charge on any atom is 0.0632 e. The van der Waals surface area contributed by atoms with Crippen LogP contribution in [-0.4, -0.2) is 28.7 Å². The Hall–Kier alpha value is -0.380. The predicted octanol–water partition coefficient (Wildman–Crippen LogP) is 3.05. The molecule has 96 valence electrons. The normalized spacial score (nSPS) is 27.0. The molecule has 1 fully saturated rings. The molecular weight excluding hydrogens is 230 g/mol. The van der Waals surface area contributed by atoms with E-state index >= 15 is 0 Å².